The molecule has 0 spiro atoms. The van der Waals surface area contributed by atoms with Crippen LogP contribution in [0.1, 0.15) is 25.0 Å². The molecule has 0 radical (unpaired) electrons. The van der Waals surface area contributed by atoms with Gasteiger partial charge in [-0.15, -0.1) is 0 Å². The SMILES string of the molecule is CC(C)NC(=O)[C@H](Cc1ccccc1)N(Cc1cccc(Cl)c1)C(=O)CN(c1ccc(F)cc1)S(C)(=O)=O. The maximum atomic E-state index is 13.9. The molecule has 0 unspecified atom stereocenters. The van der Waals surface area contributed by atoms with Crippen molar-refractivity contribution < 1.29 is 22.4 Å². The number of rotatable bonds is 11. The Morgan fingerprint density at radius 3 is 2.16 bits per heavy atom. The first-order chi connectivity index (χ1) is 17.9. The lowest BCUT2D eigenvalue weighted by atomic mass is 10.0. The highest BCUT2D eigenvalue weighted by atomic mass is 35.5. The number of carbonyl (C=O) groups excluding carboxylic acids is 2. The van der Waals surface area contributed by atoms with E-state index >= 15 is 0 Å². The van der Waals surface area contributed by atoms with E-state index in [9.17, 15) is 22.4 Å². The van der Waals surface area contributed by atoms with Crippen molar-refractivity contribution in [2.45, 2.75) is 38.9 Å². The number of hydrogen-bond acceptors (Lipinski definition) is 4. The van der Waals surface area contributed by atoms with Crippen molar-refractivity contribution in [3.05, 3.63) is 101 Å². The summed E-state index contributed by atoms with van der Waals surface area (Å²) in [6.07, 6.45) is 1.18. The van der Waals surface area contributed by atoms with Crippen LogP contribution >= 0.6 is 11.6 Å². The van der Waals surface area contributed by atoms with Gasteiger partial charge < -0.3 is 10.2 Å². The Kier molecular flexibility index (Phi) is 9.88. The van der Waals surface area contributed by atoms with Crippen LogP contribution in [0.4, 0.5) is 10.1 Å². The van der Waals surface area contributed by atoms with Crippen LogP contribution in [-0.4, -0.2) is 50.0 Å². The van der Waals surface area contributed by atoms with Crippen LogP contribution in [-0.2, 0) is 32.6 Å². The molecule has 38 heavy (non-hydrogen) atoms. The molecule has 3 aromatic rings. The quantitative estimate of drug-likeness (QED) is 0.377. The number of nitrogens with one attached hydrogen (secondary N) is 1. The number of anilines is 1. The average Bonchev–Trinajstić information content (AvgIpc) is 2.85. The first kappa shape index (κ1) is 29.1. The Balaban J connectivity index is 2.05. The smallest absolute Gasteiger partial charge is 0.244 e. The number of sulfonamides is 1. The van der Waals surface area contributed by atoms with Gasteiger partial charge in [0.2, 0.25) is 21.8 Å². The standard InChI is InChI=1S/C28H31ClFN3O4S/c1-20(2)31-28(35)26(17-21-8-5-4-6-9-21)32(18-22-10-7-11-23(29)16-22)27(34)19-33(38(3,36)37)25-14-12-24(30)13-15-25/h4-16,20,26H,17-19H2,1-3H3,(H,31,35)/t26-/m0/s1. The summed E-state index contributed by atoms with van der Waals surface area (Å²) < 4.78 is 39.8. The van der Waals surface area contributed by atoms with E-state index in [2.05, 4.69) is 5.32 Å². The van der Waals surface area contributed by atoms with Gasteiger partial charge in [-0.1, -0.05) is 54.1 Å². The Hall–Kier alpha value is -3.43. The number of nitrogens with zero attached hydrogens (tertiary/aromatic N) is 2. The van der Waals surface area contributed by atoms with Gasteiger partial charge in [-0.2, -0.15) is 0 Å². The number of halogens is 2. The van der Waals surface area contributed by atoms with Gasteiger partial charge in [-0.3, -0.25) is 13.9 Å². The van der Waals surface area contributed by atoms with Crippen molar-refractivity contribution in [1.29, 1.82) is 0 Å². The van der Waals surface area contributed by atoms with Crippen molar-refractivity contribution in [1.82, 2.24) is 10.2 Å². The highest BCUT2D eigenvalue weighted by molar-refractivity contribution is 7.92. The fourth-order valence-corrected chi connectivity index (χ4v) is 5.05. The maximum Gasteiger partial charge on any atom is 0.244 e. The molecule has 0 aliphatic heterocycles. The van der Waals surface area contributed by atoms with E-state index in [4.69, 9.17) is 11.6 Å². The normalized spacial score (nSPS) is 12.2. The molecule has 7 nitrogen and oxygen atoms in total. The largest absolute Gasteiger partial charge is 0.352 e. The molecule has 3 aromatic carbocycles. The number of carbonyl (C=O) groups is 2. The molecule has 1 atom stereocenters. The zero-order valence-corrected chi connectivity index (χ0v) is 23.0. The Morgan fingerprint density at radius 1 is 0.947 bits per heavy atom. The highest BCUT2D eigenvalue weighted by Crippen LogP contribution is 2.21. The Morgan fingerprint density at radius 2 is 1.58 bits per heavy atom. The maximum absolute atomic E-state index is 13.9. The summed E-state index contributed by atoms with van der Waals surface area (Å²) >= 11 is 6.18. The first-order valence-electron chi connectivity index (χ1n) is 12.1. The van der Waals surface area contributed by atoms with Crippen LogP contribution in [0.25, 0.3) is 0 Å². The predicted molar refractivity (Wildman–Crippen MR) is 148 cm³/mol. The second-order valence-corrected chi connectivity index (χ2v) is 11.6. The van der Waals surface area contributed by atoms with Gasteiger partial charge in [0.15, 0.2) is 0 Å². The van der Waals surface area contributed by atoms with E-state index in [1.54, 1.807) is 24.3 Å². The third kappa shape index (κ3) is 8.29. The molecule has 10 heteroatoms. The van der Waals surface area contributed by atoms with Gasteiger partial charge in [0.25, 0.3) is 0 Å². The molecular weight excluding hydrogens is 529 g/mol. The van der Waals surface area contributed by atoms with Gasteiger partial charge in [0.1, 0.15) is 18.4 Å². The van der Waals surface area contributed by atoms with Crippen molar-refractivity contribution >= 4 is 39.1 Å². The van der Waals surface area contributed by atoms with Crippen molar-refractivity contribution in [3.63, 3.8) is 0 Å². The number of benzene rings is 3. The van der Waals surface area contributed by atoms with E-state index in [0.717, 1.165) is 28.3 Å². The topological polar surface area (TPSA) is 86.8 Å². The second kappa shape index (κ2) is 12.9. The third-order valence-corrected chi connectivity index (χ3v) is 7.11. The van der Waals surface area contributed by atoms with Crippen molar-refractivity contribution in [3.8, 4) is 0 Å². The summed E-state index contributed by atoms with van der Waals surface area (Å²) in [5.74, 6) is -1.50. The summed E-state index contributed by atoms with van der Waals surface area (Å²) in [6, 6.07) is 19.9. The highest BCUT2D eigenvalue weighted by Gasteiger charge is 2.33. The predicted octanol–water partition coefficient (Wildman–Crippen LogP) is 4.41. The molecule has 0 saturated carbocycles. The molecule has 1 N–H and O–H groups in total. The molecule has 0 bridgehead atoms. The summed E-state index contributed by atoms with van der Waals surface area (Å²) in [5, 5.41) is 3.35. The summed E-state index contributed by atoms with van der Waals surface area (Å²) in [4.78, 5) is 28.7. The fraction of sp³-hybridized carbons (Fsp3) is 0.286. The minimum atomic E-state index is -3.92. The Labute approximate surface area is 228 Å². The van der Waals surface area contributed by atoms with Crippen LogP contribution in [0.15, 0.2) is 78.9 Å². The van der Waals surface area contributed by atoms with E-state index in [-0.39, 0.29) is 30.6 Å². The number of hydrogen-bond donors (Lipinski definition) is 1. The van der Waals surface area contributed by atoms with Gasteiger partial charge in [-0.25, -0.2) is 12.8 Å². The minimum Gasteiger partial charge on any atom is -0.352 e. The second-order valence-electron chi connectivity index (χ2n) is 9.27. The first-order valence-corrected chi connectivity index (χ1v) is 14.3. The number of amides is 2. The molecule has 0 aromatic heterocycles. The van der Waals surface area contributed by atoms with Crippen LogP contribution in [0.2, 0.25) is 5.02 Å². The summed E-state index contributed by atoms with van der Waals surface area (Å²) in [7, 11) is -3.92. The average molecular weight is 560 g/mol. The van der Waals surface area contributed by atoms with Crippen molar-refractivity contribution in [2.24, 2.45) is 0 Å². The fourth-order valence-electron chi connectivity index (χ4n) is 3.99. The molecule has 2 amide bonds. The zero-order chi connectivity index (χ0) is 27.9. The van der Waals surface area contributed by atoms with E-state index in [1.807, 2.05) is 44.2 Å². The van der Waals surface area contributed by atoms with Crippen LogP contribution in [0, 0.1) is 5.82 Å². The lowest BCUT2D eigenvalue weighted by Gasteiger charge is -2.34. The van der Waals surface area contributed by atoms with E-state index < -0.39 is 34.3 Å². The third-order valence-electron chi connectivity index (χ3n) is 5.74. The van der Waals surface area contributed by atoms with Crippen LogP contribution in [0.5, 0.6) is 0 Å². The lowest BCUT2D eigenvalue weighted by Crippen LogP contribution is -2.54. The Bertz CT molecular complexity index is 1350. The molecule has 0 aliphatic rings. The van der Waals surface area contributed by atoms with Gasteiger partial charge >= 0.3 is 0 Å². The summed E-state index contributed by atoms with van der Waals surface area (Å²) in [6.45, 7) is 3.08. The van der Waals surface area contributed by atoms with Crippen LogP contribution in [0.3, 0.4) is 0 Å². The molecule has 3 rings (SSSR count). The van der Waals surface area contributed by atoms with Gasteiger partial charge in [0, 0.05) is 24.0 Å². The van der Waals surface area contributed by atoms with Gasteiger partial charge in [-0.05, 0) is 61.4 Å². The molecule has 0 aliphatic carbocycles. The molecule has 0 heterocycles. The van der Waals surface area contributed by atoms with E-state index in [0.29, 0.717) is 10.6 Å². The molecule has 202 valence electrons. The van der Waals surface area contributed by atoms with Crippen molar-refractivity contribution in [2.75, 3.05) is 17.1 Å². The zero-order valence-electron chi connectivity index (χ0n) is 21.5. The molecular formula is C28H31ClFN3O4S. The lowest BCUT2D eigenvalue weighted by molar-refractivity contribution is -0.140. The van der Waals surface area contributed by atoms with E-state index in [1.165, 1.54) is 17.0 Å². The minimum absolute atomic E-state index is 0.0173. The molecule has 0 saturated heterocycles. The monoisotopic (exact) mass is 559 g/mol. The molecule has 0 fully saturated rings. The van der Waals surface area contributed by atoms with Crippen LogP contribution < -0.4 is 9.62 Å². The summed E-state index contributed by atoms with van der Waals surface area (Å²) in [5.41, 5.74) is 1.64. The van der Waals surface area contributed by atoms with Gasteiger partial charge in [0.05, 0.1) is 11.9 Å².